The third-order valence-corrected chi connectivity index (χ3v) is 5.24. The van der Waals surface area contributed by atoms with Crippen LogP contribution in [-0.2, 0) is 10.0 Å². The van der Waals surface area contributed by atoms with Gasteiger partial charge in [-0.05, 0) is 62.2 Å². The van der Waals surface area contributed by atoms with Crippen LogP contribution in [0.25, 0.3) is 0 Å². The monoisotopic (exact) mass is 432 g/mol. The minimum Gasteiger partial charge on any atom is -0.277 e. The van der Waals surface area contributed by atoms with Gasteiger partial charge in [0.25, 0.3) is 10.0 Å². The summed E-state index contributed by atoms with van der Waals surface area (Å²) in [6, 6.07) is 9.73. The zero-order valence-corrected chi connectivity index (χ0v) is 14.3. The predicted molar refractivity (Wildman–Crippen MR) is 83.8 cm³/mol. The van der Waals surface area contributed by atoms with E-state index < -0.39 is 15.8 Å². The number of nitrogens with zero attached hydrogens (tertiary/aromatic N) is 1. The molecule has 2 aromatic carbocycles. The molecule has 0 radical (unpaired) electrons. The molecule has 1 N–H and O–H groups in total. The highest BCUT2D eigenvalue weighted by Crippen LogP contribution is 2.32. The number of halogens is 3. The Labute approximate surface area is 137 Å². The van der Waals surface area contributed by atoms with Crippen LogP contribution in [0.4, 0.5) is 10.1 Å². The summed E-state index contributed by atoms with van der Waals surface area (Å²) in [6.07, 6.45) is 0. The molecule has 0 saturated heterocycles. The van der Waals surface area contributed by atoms with Gasteiger partial charge in [0.1, 0.15) is 11.9 Å². The second kappa shape index (κ2) is 6.13. The number of nitrogens with one attached hydrogen (secondary N) is 1. The van der Waals surface area contributed by atoms with Crippen LogP contribution in [0.1, 0.15) is 5.56 Å². The summed E-state index contributed by atoms with van der Waals surface area (Å²) in [5, 5.41) is 8.77. The molecule has 0 spiro atoms. The highest BCUT2D eigenvalue weighted by atomic mass is 79.9. The van der Waals surface area contributed by atoms with Crippen LogP contribution in [0.15, 0.2) is 50.2 Å². The van der Waals surface area contributed by atoms with Gasteiger partial charge in [-0.25, -0.2) is 12.8 Å². The summed E-state index contributed by atoms with van der Waals surface area (Å²) in [6.45, 7) is 0. The maximum Gasteiger partial charge on any atom is 0.262 e. The molecule has 2 rings (SSSR count). The third-order valence-electron chi connectivity index (χ3n) is 2.57. The largest absolute Gasteiger partial charge is 0.277 e. The lowest BCUT2D eigenvalue weighted by Gasteiger charge is -2.11. The molecule has 0 bridgehead atoms. The van der Waals surface area contributed by atoms with E-state index in [1.807, 2.05) is 0 Å². The fraction of sp³-hybridized carbons (Fsp3) is 0. The molecular formula is C13H7Br2FN2O2S. The first-order valence-electron chi connectivity index (χ1n) is 5.51. The van der Waals surface area contributed by atoms with Crippen molar-refractivity contribution < 1.29 is 12.8 Å². The summed E-state index contributed by atoms with van der Waals surface area (Å²) < 4.78 is 41.3. The Hall–Kier alpha value is -1.43. The van der Waals surface area contributed by atoms with Gasteiger partial charge in [-0.3, -0.25) is 4.72 Å². The summed E-state index contributed by atoms with van der Waals surface area (Å²) >= 11 is 6.49. The van der Waals surface area contributed by atoms with Crippen LogP contribution in [0.2, 0.25) is 0 Å². The third kappa shape index (κ3) is 3.43. The fourth-order valence-corrected chi connectivity index (χ4v) is 4.13. The van der Waals surface area contributed by atoms with Gasteiger partial charge in [-0.15, -0.1) is 0 Å². The van der Waals surface area contributed by atoms with Gasteiger partial charge >= 0.3 is 0 Å². The van der Waals surface area contributed by atoms with Crippen molar-refractivity contribution in [3.8, 4) is 6.07 Å². The van der Waals surface area contributed by atoms with Crippen molar-refractivity contribution >= 4 is 47.6 Å². The zero-order chi connectivity index (χ0) is 15.6. The summed E-state index contributed by atoms with van der Waals surface area (Å²) in [5.74, 6) is -0.765. The lowest BCUT2D eigenvalue weighted by atomic mass is 10.2. The zero-order valence-electron chi connectivity index (χ0n) is 10.3. The molecular weight excluding hydrogens is 427 g/mol. The predicted octanol–water partition coefficient (Wildman–Crippen LogP) is 4.02. The normalized spacial score (nSPS) is 11.0. The Balaban J connectivity index is 2.47. The molecule has 0 fully saturated rings. The standard InChI is InChI=1S/C13H7Br2FN2O2S/c14-10-2-1-3-11(15)13(10)18-21(19,20)9-4-5-12(16)8(6-9)7-17/h1-6,18H. The average Bonchev–Trinajstić information content (AvgIpc) is 2.43. The number of sulfonamides is 1. The Bertz CT molecular complexity index is 827. The second-order valence-electron chi connectivity index (χ2n) is 3.96. The van der Waals surface area contributed by atoms with Gasteiger partial charge in [0.05, 0.1) is 16.1 Å². The Kier molecular flexibility index (Phi) is 4.66. The van der Waals surface area contributed by atoms with Crippen molar-refractivity contribution in [3.63, 3.8) is 0 Å². The topological polar surface area (TPSA) is 70.0 Å². The summed E-state index contributed by atoms with van der Waals surface area (Å²) in [7, 11) is -3.94. The molecule has 0 amide bonds. The second-order valence-corrected chi connectivity index (χ2v) is 7.35. The van der Waals surface area contributed by atoms with E-state index in [-0.39, 0.29) is 10.5 Å². The lowest BCUT2D eigenvalue weighted by molar-refractivity contribution is 0.599. The minimum absolute atomic E-state index is 0.192. The van der Waals surface area contributed by atoms with Crippen molar-refractivity contribution in [2.45, 2.75) is 4.90 Å². The van der Waals surface area contributed by atoms with Gasteiger partial charge in [-0.1, -0.05) is 6.07 Å². The number of rotatable bonds is 3. The van der Waals surface area contributed by atoms with Crippen molar-refractivity contribution in [1.82, 2.24) is 0 Å². The van der Waals surface area contributed by atoms with E-state index in [0.29, 0.717) is 14.6 Å². The van der Waals surface area contributed by atoms with Crippen molar-refractivity contribution in [2.75, 3.05) is 4.72 Å². The number of hydrogen-bond donors (Lipinski definition) is 1. The molecule has 0 atom stereocenters. The molecule has 0 saturated carbocycles. The van der Waals surface area contributed by atoms with E-state index in [9.17, 15) is 12.8 Å². The number of nitriles is 1. The maximum absolute atomic E-state index is 13.3. The highest BCUT2D eigenvalue weighted by molar-refractivity contribution is 9.11. The molecule has 0 heterocycles. The lowest BCUT2D eigenvalue weighted by Crippen LogP contribution is -2.14. The maximum atomic E-state index is 13.3. The molecule has 0 unspecified atom stereocenters. The smallest absolute Gasteiger partial charge is 0.262 e. The van der Waals surface area contributed by atoms with Crippen molar-refractivity contribution in [3.05, 3.63) is 56.7 Å². The van der Waals surface area contributed by atoms with Crippen LogP contribution in [0, 0.1) is 17.1 Å². The first-order chi connectivity index (χ1) is 9.85. The van der Waals surface area contributed by atoms with Crippen molar-refractivity contribution in [1.29, 1.82) is 5.26 Å². The summed E-state index contributed by atoms with van der Waals surface area (Å²) in [4.78, 5) is -0.192. The van der Waals surface area contributed by atoms with E-state index in [1.54, 1.807) is 24.3 Å². The molecule has 21 heavy (non-hydrogen) atoms. The van der Waals surface area contributed by atoms with Crippen molar-refractivity contribution in [2.24, 2.45) is 0 Å². The number of para-hydroxylation sites is 1. The minimum atomic E-state index is -3.94. The van der Waals surface area contributed by atoms with Gasteiger partial charge in [0, 0.05) is 8.95 Å². The quantitative estimate of drug-likeness (QED) is 0.794. The number of anilines is 1. The van der Waals surface area contributed by atoms with Gasteiger partial charge in [0.15, 0.2) is 0 Å². The van der Waals surface area contributed by atoms with E-state index in [2.05, 4.69) is 36.6 Å². The van der Waals surface area contributed by atoms with Gasteiger partial charge in [-0.2, -0.15) is 5.26 Å². The molecule has 0 aliphatic rings. The average molecular weight is 434 g/mol. The summed E-state index contributed by atoms with van der Waals surface area (Å²) in [5.41, 5.74) is -0.00981. The van der Waals surface area contributed by atoms with Crippen LogP contribution >= 0.6 is 31.9 Å². The van der Waals surface area contributed by atoms with E-state index in [1.165, 1.54) is 0 Å². The van der Waals surface area contributed by atoms with E-state index in [0.717, 1.165) is 18.2 Å². The van der Waals surface area contributed by atoms with E-state index in [4.69, 9.17) is 5.26 Å². The SMILES string of the molecule is N#Cc1cc(S(=O)(=O)Nc2c(Br)cccc2Br)ccc1F. The number of benzene rings is 2. The molecule has 8 heteroatoms. The molecule has 0 aliphatic heterocycles. The Morgan fingerprint density at radius 1 is 1.14 bits per heavy atom. The molecule has 0 aliphatic carbocycles. The Morgan fingerprint density at radius 3 is 2.33 bits per heavy atom. The molecule has 4 nitrogen and oxygen atoms in total. The fourth-order valence-electron chi connectivity index (χ4n) is 1.55. The van der Waals surface area contributed by atoms with Crippen LogP contribution in [0.3, 0.4) is 0 Å². The molecule has 108 valence electrons. The van der Waals surface area contributed by atoms with Gasteiger partial charge in [0.2, 0.25) is 0 Å². The highest BCUT2D eigenvalue weighted by Gasteiger charge is 2.19. The molecule has 0 aromatic heterocycles. The molecule has 2 aromatic rings. The number of hydrogen-bond acceptors (Lipinski definition) is 3. The van der Waals surface area contributed by atoms with Crippen LogP contribution in [0.5, 0.6) is 0 Å². The van der Waals surface area contributed by atoms with Crippen LogP contribution in [-0.4, -0.2) is 8.42 Å². The Morgan fingerprint density at radius 2 is 1.76 bits per heavy atom. The first kappa shape index (κ1) is 15.9. The first-order valence-corrected chi connectivity index (χ1v) is 8.58. The van der Waals surface area contributed by atoms with E-state index >= 15 is 0 Å². The van der Waals surface area contributed by atoms with Gasteiger partial charge < -0.3 is 0 Å². The van der Waals surface area contributed by atoms with Crippen LogP contribution < -0.4 is 4.72 Å².